The summed E-state index contributed by atoms with van der Waals surface area (Å²) in [5.74, 6) is 0.910. The fourth-order valence-electron chi connectivity index (χ4n) is 4.25. The number of phenolic OH excluding ortho intramolecular Hbond substituents is 1. The normalized spacial score (nSPS) is 26.8. The van der Waals surface area contributed by atoms with Crippen LogP contribution in [0, 0.1) is 24.7 Å². The van der Waals surface area contributed by atoms with Crippen LogP contribution >= 0.6 is 0 Å². The maximum atomic E-state index is 12.1. The maximum absolute atomic E-state index is 12.1. The van der Waals surface area contributed by atoms with Crippen LogP contribution in [0.5, 0.6) is 5.75 Å². The number of hydrogen-bond acceptors (Lipinski definition) is 3. The number of anilines is 1. The molecule has 1 aromatic carbocycles. The first-order valence-corrected chi connectivity index (χ1v) is 8.35. The van der Waals surface area contributed by atoms with Crippen molar-refractivity contribution in [2.24, 2.45) is 17.8 Å². The lowest BCUT2D eigenvalue weighted by Crippen LogP contribution is -2.45. The summed E-state index contributed by atoms with van der Waals surface area (Å²) >= 11 is 0. The molecule has 2 fully saturated rings. The monoisotopic (exact) mass is 316 g/mol. The predicted octanol–water partition coefficient (Wildman–Crippen LogP) is 2.58. The third-order valence-electron chi connectivity index (χ3n) is 5.46. The second-order valence-electron chi connectivity index (χ2n) is 7.05. The number of carbonyl (C=O) groups is 2. The van der Waals surface area contributed by atoms with Gasteiger partial charge in [-0.25, -0.2) is 0 Å². The van der Waals surface area contributed by atoms with Crippen molar-refractivity contribution in [1.82, 2.24) is 5.32 Å². The third kappa shape index (κ3) is 3.33. The molecule has 0 spiro atoms. The number of aryl methyl sites for hydroxylation is 1. The second kappa shape index (κ2) is 6.22. The number of fused-ring (bicyclic) bond motifs is 2. The zero-order valence-corrected chi connectivity index (χ0v) is 13.6. The molecule has 1 aromatic rings. The Labute approximate surface area is 136 Å². The van der Waals surface area contributed by atoms with Gasteiger partial charge in [0.05, 0.1) is 0 Å². The van der Waals surface area contributed by atoms with Gasteiger partial charge in [-0.2, -0.15) is 0 Å². The van der Waals surface area contributed by atoms with E-state index in [1.165, 1.54) is 31.7 Å². The van der Waals surface area contributed by atoms with E-state index >= 15 is 0 Å². The van der Waals surface area contributed by atoms with Gasteiger partial charge in [0, 0.05) is 11.7 Å². The van der Waals surface area contributed by atoms with Crippen LogP contribution in [0.3, 0.4) is 0 Å². The highest BCUT2D eigenvalue weighted by atomic mass is 16.3. The smallest absolute Gasteiger partial charge is 0.313 e. The van der Waals surface area contributed by atoms with Gasteiger partial charge < -0.3 is 15.7 Å². The van der Waals surface area contributed by atoms with Crippen LogP contribution in [-0.4, -0.2) is 23.0 Å². The first-order valence-electron chi connectivity index (χ1n) is 8.35. The van der Waals surface area contributed by atoms with Gasteiger partial charge >= 0.3 is 11.8 Å². The number of phenols is 1. The lowest BCUT2D eigenvalue weighted by Gasteiger charge is -2.28. The SMILES string of the molecule is Cc1cc(O)ccc1NC(=O)C(=O)NC(C)C1CC2CCC1C2. The molecule has 2 aliphatic rings. The lowest BCUT2D eigenvalue weighted by atomic mass is 9.84. The van der Waals surface area contributed by atoms with Gasteiger partial charge in [-0.15, -0.1) is 0 Å². The van der Waals surface area contributed by atoms with Crippen molar-refractivity contribution in [3.63, 3.8) is 0 Å². The fraction of sp³-hybridized carbons (Fsp3) is 0.556. The number of aromatic hydroxyl groups is 1. The van der Waals surface area contributed by atoms with Gasteiger partial charge in [0.1, 0.15) is 5.75 Å². The third-order valence-corrected chi connectivity index (χ3v) is 5.46. The van der Waals surface area contributed by atoms with Gasteiger partial charge in [-0.3, -0.25) is 9.59 Å². The molecule has 0 saturated heterocycles. The molecule has 3 rings (SSSR count). The van der Waals surface area contributed by atoms with Crippen LogP contribution in [0.1, 0.15) is 38.2 Å². The van der Waals surface area contributed by atoms with Crippen molar-refractivity contribution in [3.05, 3.63) is 23.8 Å². The summed E-state index contributed by atoms with van der Waals surface area (Å²) in [4.78, 5) is 24.2. The molecule has 2 amide bonds. The first kappa shape index (κ1) is 15.8. The van der Waals surface area contributed by atoms with Gasteiger partial charge in [-0.1, -0.05) is 6.42 Å². The molecule has 2 bridgehead atoms. The minimum atomic E-state index is -0.659. The van der Waals surface area contributed by atoms with E-state index in [1.54, 1.807) is 19.1 Å². The summed E-state index contributed by atoms with van der Waals surface area (Å²) in [5, 5.41) is 14.8. The number of benzene rings is 1. The Balaban J connectivity index is 1.56. The van der Waals surface area contributed by atoms with Gasteiger partial charge in [0.25, 0.3) is 0 Å². The van der Waals surface area contributed by atoms with Crippen molar-refractivity contribution in [2.45, 2.75) is 45.6 Å². The van der Waals surface area contributed by atoms with E-state index in [0.29, 0.717) is 23.1 Å². The van der Waals surface area contributed by atoms with Crippen LogP contribution in [0.2, 0.25) is 0 Å². The molecular weight excluding hydrogens is 292 g/mol. The van der Waals surface area contributed by atoms with Crippen LogP contribution in [-0.2, 0) is 9.59 Å². The molecule has 0 aliphatic heterocycles. The first-order chi connectivity index (χ1) is 10.9. The Bertz CT molecular complexity index is 629. The quantitative estimate of drug-likeness (QED) is 0.592. The fourth-order valence-corrected chi connectivity index (χ4v) is 4.25. The molecule has 2 aliphatic carbocycles. The minimum Gasteiger partial charge on any atom is -0.508 e. The molecule has 2 saturated carbocycles. The van der Waals surface area contributed by atoms with Crippen LogP contribution < -0.4 is 10.6 Å². The molecule has 23 heavy (non-hydrogen) atoms. The standard InChI is InChI=1S/C18H24N2O3/c1-10-7-14(21)5-6-16(10)20-18(23)17(22)19-11(2)15-9-12-3-4-13(15)8-12/h5-7,11-13,15,21H,3-4,8-9H2,1-2H3,(H,19,22)(H,20,23). The van der Waals surface area contributed by atoms with E-state index in [1.807, 2.05) is 6.92 Å². The largest absolute Gasteiger partial charge is 0.508 e. The van der Waals surface area contributed by atoms with E-state index in [9.17, 15) is 14.7 Å². The highest BCUT2D eigenvalue weighted by Gasteiger charge is 2.42. The minimum absolute atomic E-state index is 0.0319. The topological polar surface area (TPSA) is 78.4 Å². The molecule has 0 aromatic heterocycles. The maximum Gasteiger partial charge on any atom is 0.313 e. The average molecular weight is 316 g/mol. The van der Waals surface area contributed by atoms with Crippen molar-refractivity contribution < 1.29 is 14.7 Å². The molecule has 4 unspecified atom stereocenters. The summed E-state index contributed by atoms with van der Waals surface area (Å²) in [6.45, 7) is 3.77. The highest BCUT2D eigenvalue weighted by molar-refractivity contribution is 6.39. The summed E-state index contributed by atoms with van der Waals surface area (Å²) in [5.41, 5.74) is 1.25. The summed E-state index contributed by atoms with van der Waals surface area (Å²) in [6.07, 6.45) is 5.03. The molecule has 3 N–H and O–H groups in total. The lowest BCUT2D eigenvalue weighted by molar-refractivity contribution is -0.136. The molecule has 5 nitrogen and oxygen atoms in total. The number of hydrogen-bond donors (Lipinski definition) is 3. The van der Waals surface area contributed by atoms with E-state index in [0.717, 1.165) is 5.92 Å². The predicted molar refractivity (Wildman–Crippen MR) is 88.0 cm³/mol. The molecule has 0 heterocycles. The number of carbonyl (C=O) groups excluding carboxylic acids is 2. The van der Waals surface area contributed by atoms with Gasteiger partial charge in [0.15, 0.2) is 0 Å². The molecular formula is C18H24N2O3. The summed E-state index contributed by atoms with van der Waals surface area (Å²) < 4.78 is 0. The number of rotatable bonds is 3. The van der Waals surface area contributed by atoms with Crippen molar-refractivity contribution in [2.75, 3.05) is 5.32 Å². The van der Waals surface area contributed by atoms with Crippen LogP contribution in [0.15, 0.2) is 18.2 Å². The highest BCUT2D eigenvalue weighted by Crippen LogP contribution is 2.49. The Hall–Kier alpha value is -2.04. The zero-order chi connectivity index (χ0) is 16.6. The van der Waals surface area contributed by atoms with Gasteiger partial charge in [-0.05, 0) is 74.6 Å². The summed E-state index contributed by atoms with van der Waals surface area (Å²) in [6, 6.07) is 4.66. The van der Waals surface area contributed by atoms with E-state index in [-0.39, 0.29) is 11.8 Å². The van der Waals surface area contributed by atoms with Crippen molar-refractivity contribution >= 4 is 17.5 Å². The van der Waals surface area contributed by atoms with Crippen LogP contribution in [0.4, 0.5) is 5.69 Å². The van der Waals surface area contributed by atoms with Crippen molar-refractivity contribution in [3.8, 4) is 5.75 Å². The Morgan fingerprint density at radius 3 is 2.61 bits per heavy atom. The Morgan fingerprint density at radius 1 is 1.22 bits per heavy atom. The van der Waals surface area contributed by atoms with E-state index < -0.39 is 11.8 Å². The molecule has 0 radical (unpaired) electrons. The Kier molecular flexibility index (Phi) is 4.28. The molecule has 124 valence electrons. The number of amides is 2. The average Bonchev–Trinajstić information content (AvgIpc) is 3.12. The Morgan fingerprint density at radius 2 is 2.00 bits per heavy atom. The van der Waals surface area contributed by atoms with E-state index in [4.69, 9.17) is 0 Å². The molecule has 4 atom stereocenters. The molecule has 5 heteroatoms. The number of nitrogens with one attached hydrogen (secondary N) is 2. The van der Waals surface area contributed by atoms with Crippen LogP contribution in [0.25, 0.3) is 0 Å². The van der Waals surface area contributed by atoms with Crippen molar-refractivity contribution in [1.29, 1.82) is 0 Å². The summed E-state index contributed by atoms with van der Waals surface area (Å²) in [7, 11) is 0. The zero-order valence-electron chi connectivity index (χ0n) is 13.6. The second-order valence-corrected chi connectivity index (χ2v) is 7.05. The van der Waals surface area contributed by atoms with E-state index in [2.05, 4.69) is 10.6 Å². The van der Waals surface area contributed by atoms with Gasteiger partial charge in [0.2, 0.25) is 0 Å².